The Morgan fingerprint density at radius 2 is 2.28 bits per heavy atom. The fraction of sp³-hybridized carbons (Fsp3) is 0.929. The van der Waals surface area contributed by atoms with Gasteiger partial charge in [0.1, 0.15) is 6.04 Å². The molecule has 2 unspecified atom stereocenters. The lowest BCUT2D eigenvalue weighted by atomic mass is 10.0. The molecule has 1 fully saturated rings. The number of carbonyl (C=O) groups is 1. The van der Waals surface area contributed by atoms with Crippen molar-refractivity contribution < 1.29 is 9.53 Å². The summed E-state index contributed by atoms with van der Waals surface area (Å²) in [5.41, 5.74) is 0. The zero-order valence-corrected chi connectivity index (χ0v) is 12.1. The molecule has 1 saturated heterocycles. The molecule has 0 saturated carbocycles. The molecule has 0 spiro atoms. The smallest absolute Gasteiger partial charge is 0.322 e. The van der Waals surface area contributed by atoms with Crippen LogP contribution in [-0.2, 0) is 9.53 Å². The summed E-state index contributed by atoms with van der Waals surface area (Å²) in [6, 6.07) is 0.507. The molecule has 4 nitrogen and oxygen atoms in total. The first-order valence-corrected chi connectivity index (χ1v) is 7.24. The van der Waals surface area contributed by atoms with Gasteiger partial charge in [-0.2, -0.15) is 0 Å². The Labute approximate surface area is 111 Å². The predicted octanol–water partition coefficient (Wildman–Crippen LogP) is 1.79. The predicted molar refractivity (Wildman–Crippen MR) is 73.6 cm³/mol. The summed E-state index contributed by atoms with van der Waals surface area (Å²) < 4.78 is 4.86. The lowest BCUT2D eigenvalue weighted by molar-refractivity contribution is -0.143. The number of nitrogens with zero attached hydrogens (tertiary/aromatic N) is 1. The van der Waals surface area contributed by atoms with Crippen molar-refractivity contribution in [2.45, 2.75) is 58.0 Å². The molecule has 0 bridgehead atoms. The maximum absolute atomic E-state index is 11.7. The van der Waals surface area contributed by atoms with Gasteiger partial charge < -0.3 is 15.0 Å². The Morgan fingerprint density at radius 1 is 1.50 bits per heavy atom. The fourth-order valence-electron chi connectivity index (χ4n) is 2.55. The Morgan fingerprint density at radius 3 is 2.89 bits per heavy atom. The fourth-order valence-corrected chi connectivity index (χ4v) is 2.55. The standard InChI is InChI=1S/C14H28N2O2/c1-4-9-15-13(14(17)18-3)8-11-16-10-6-5-7-12(16)2/h12-13,15H,4-11H2,1-3H3. The van der Waals surface area contributed by atoms with Gasteiger partial charge in [-0.1, -0.05) is 13.3 Å². The zero-order chi connectivity index (χ0) is 13.4. The Bertz CT molecular complexity index is 246. The molecule has 4 heteroatoms. The van der Waals surface area contributed by atoms with Gasteiger partial charge in [0.2, 0.25) is 0 Å². The summed E-state index contributed by atoms with van der Waals surface area (Å²) in [6.07, 6.45) is 5.79. The van der Waals surface area contributed by atoms with E-state index in [1.807, 2.05) is 0 Å². The maximum Gasteiger partial charge on any atom is 0.322 e. The average Bonchev–Trinajstić information content (AvgIpc) is 2.40. The molecule has 18 heavy (non-hydrogen) atoms. The monoisotopic (exact) mass is 256 g/mol. The van der Waals surface area contributed by atoms with Crippen LogP contribution in [0.15, 0.2) is 0 Å². The number of nitrogens with one attached hydrogen (secondary N) is 1. The number of likely N-dealkylation sites (tertiary alicyclic amines) is 1. The molecular formula is C14H28N2O2. The SMILES string of the molecule is CCCNC(CCN1CCCCC1C)C(=O)OC. The van der Waals surface area contributed by atoms with Crippen molar-refractivity contribution in [1.29, 1.82) is 0 Å². The normalized spacial score (nSPS) is 22.7. The van der Waals surface area contributed by atoms with E-state index in [1.165, 1.54) is 32.9 Å². The minimum Gasteiger partial charge on any atom is -0.468 e. The van der Waals surface area contributed by atoms with E-state index in [1.54, 1.807) is 0 Å². The Kier molecular flexibility index (Phi) is 7.28. The second-order valence-electron chi connectivity index (χ2n) is 5.20. The third-order valence-electron chi connectivity index (χ3n) is 3.77. The van der Waals surface area contributed by atoms with E-state index in [9.17, 15) is 4.79 Å². The van der Waals surface area contributed by atoms with Gasteiger partial charge in [0.15, 0.2) is 0 Å². The highest BCUT2D eigenvalue weighted by molar-refractivity contribution is 5.75. The van der Waals surface area contributed by atoms with Crippen molar-refractivity contribution in [1.82, 2.24) is 10.2 Å². The number of piperidine rings is 1. The molecule has 2 atom stereocenters. The zero-order valence-electron chi connectivity index (χ0n) is 12.1. The van der Waals surface area contributed by atoms with E-state index < -0.39 is 0 Å². The third kappa shape index (κ3) is 4.94. The van der Waals surface area contributed by atoms with Crippen molar-refractivity contribution in [2.24, 2.45) is 0 Å². The van der Waals surface area contributed by atoms with Gasteiger partial charge in [-0.25, -0.2) is 0 Å². The van der Waals surface area contributed by atoms with Crippen LogP contribution < -0.4 is 5.32 Å². The van der Waals surface area contributed by atoms with Gasteiger partial charge >= 0.3 is 5.97 Å². The Hall–Kier alpha value is -0.610. The van der Waals surface area contributed by atoms with E-state index in [-0.39, 0.29) is 12.0 Å². The van der Waals surface area contributed by atoms with Crippen LogP contribution >= 0.6 is 0 Å². The van der Waals surface area contributed by atoms with Crippen LogP contribution in [0.4, 0.5) is 0 Å². The van der Waals surface area contributed by atoms with Crippen LogP contribution in [0.3, 0.4) is 0 Å². The van der Waals surface area contributed by atoms with E-state index >= 15 is 0 Å². The van der Waals surface area contributed by atoms with Crippen LogP contribution in [0, 0.1) is 0 Å². The molecule has 1 aliphatic heterocycles. The summed E-state index contributed by atoms with van der Waals surface area (Å²) in [5.74, 6) is -0.131. The first-order valence-electron chi connectivity index (χ1n) is 7.24. The summed E-state index contributed by atoms with van der Waals surface area (Å²) in [5, 5.41) is 3.27. The Balaban J connectivity index is 2.37. The molecule has 1 N–H and O–H groups in total. The van der Waals surface area contributed by atoms with Gasteiger partial charge in [-0.05, 0) is 45.7 Å². The quantitative estimate of drug-likeness (QED) is 0.705. The summed E-state index contributed by atoms with van der Waals surface area (Å²) in [7, 11) is 1.46. The highest BCUT2D eigenvalue weighted by atomic mass is 16.5. The van der Waals surface area contributed by atoms with Gasteiger partial charge in [0.25, 0.3) is 0 Å². The second-order valence-corrected chi connectivity index (χ2v) is 5.20. The summed E-state index contributed by atoms with van der Waals surface area (Å²) in [4.78, 5) is 14.2. The largest absolute Gasteiger partial charge is 0.468 e. The van der Waals surface area contributed by atoms with Crippen molar-refractivity contribution in [2.75, 3.05) is 26.7 Å². The maximum atomic E-state index is 11.7. The number of rotatable bonds is 7. The van der Waals surface area contributed by atoms with Gasteiger partial charge in [0, 0.05) is 12.6 Å². The highest BCUT2D eigenvalue weighted by Crippen LogP contribution is 2.16. The van der Waals surface area contributed by atoms with Crippen LogP contribution in [0.2, 0.25) is 0 Å². The average molecular weight is 256 g/mol. The molecule has 0 aromatic rings. The minimum atomic E-state index is -0.149. The van der Waals surface area contributed by atoms with E-state index in [0.717, 1.165) is 25.9 Å². The minimum absolute atomic E-state index is 0.131. The number of hydrogen-bond acceptors (Lipinski definition) is 4. The lowest BCUT2D eigenvalue weighted by Gasteiger charge is -2.34. The van der Waals surface area contributed by atoms with E-state index in [0.29, 0.717) is 6.04 Å². The van der Waals surface area contributed by atoms with Crippen LogP contribution in [0.25, 0.3) is 0 Å². The number of hydrogen-bond donors (Lipinski definition) is 1. The van der Waals surface area contributed by atoms with Crippen LogP contribution in [-0.4, -0.2) is 49.7 Å². The number of ether oxygens (including phenoxy) is 1. The van der Waals surface area contributed by atoms with Crippen LogP contribution in [0.1, 0.15) is 46.0 Å². The topological polar surface area (TPSA) is 41.6 Å². The van der Waals surface area contributed by atoms with E-state index in [4.69, 9.17) is 4.74 Å². The molecule has 0 aliphatic carbocycles. The molecule has 1 heterocycles. The third-order valence-corrected chi connectivity index (χ3v) is 3.77. The molecule has 106 valence electrons. The van der Waals surface area contributed by atoms with Crippen molar-refractivity contribution >= 4 is 5.97 Å². The van der Waals surface area contributed by atoms with Gasteiger partial charge in [0.05, 0.1) is 7.11 Å². The lowest BCUT2D eigenvalue weighted by Crippen LogP contribution is -2.44. The summed E-state index contributed by atoms with van der Waals surface area (Å²) in [6.45, 7) is 7.41. The second kappa shape index (κ2) is 8.48. The first-order chi connectivity index (χ1) is 8.69. The first kappa shape index (κ1) is 15.4. The molecule has 1 rings (SSSR count). The van der Waals surface area contributed by atoms with Gasteiger partial charge in [-0.15, -0.1) is 0 Å². The molecule has 0 radical (unpaired) electrons. The molecule has 0 aromatic carbocycles. The molecule has 0 amide bonds. The highest BCUT2D eigenvalue weighted by Gasteiger charge is 2.22. The van der Waals surface area contributed by atoms with Crippen molar-refractivity contribution in [3.63, 3.8) is 0 Å². The van der Waals surface area contributed by atoms with Gasteiger partial charge in [-0.3, -0.25) is 4.79 Å². The number of carbonyl (C=O) groups excluding carboxylic acids is 1. The molecule has 1 aliphatic rings. The van der Waals surface area contributed by atoms with Crippen molar-refractivity contribution in [3.8, 4) is 0 Å². The van der Waals surface area contributed by atoms with E-state index in [2.05, 4.69) is 24.1 Å². The molecule has 0 aromatic heterocycles. The van der Waals surface area contributed by atoms with Crippen LogP contribution in [0.5, 0.6) is 0 Å². The number of methoxy groups -OCH3 is 1. The summed E-state index contributed by atoms with van der Waals surface area (Å²) >= 11 is 0. The molecular weight excluding hydrogens is 228 g/mol. The number of esters is 1. The van der Waals surface area contributed by atoms with Crippen molar-refractivity contribution in [3.05, 3.63) is 0 Å².